The normalized spacial score (nSPS) is 10.0. The average molecular weight is 241 g/mol. The van der Waals surface area contributed by atoms with Gasteiger partial charge in [-0.2, -0.15) is 0 Å². The van der Waals surface area contributed by atoms with Crippen molar-refractivity contribution >= 4 is 17.3 Å². The number of benzene rings is 1. The molecule has 0 aliphatic rings. The van der Waals surface area contributed by atoms with Crippen LogP contribution in [0.15, 0.2) is 18.2 Å². The number of nitrogens with two attached hydrogens (primary N) is 1. The predicted molar refractivity (Wildman–Crippen MR) is 64.2 cm³/mol. The van der Waals surface area contributed by atoms with Crippen LogP contribution in [-0.2, 0) is 9.53 Å². The van der Waals surface area contributed by atoms with Gasteiger partial charge in [-0.25, -0.2) is 4.39 Å². The molecule has 0 bridgehead atoms. The quantitative estimate of drug-likeness (QED) is 0.503. The van der Waals surface area contributed by atoms with Gasteiger partial charge < -0.3 is 21.1 Å². The van der Waals surface area contributed by atoms with Crippen LogP contribution in [0.4, 0.5) is 15.8 Å². The van der Waals surface area contributed by atoms with Crippen LogP contribution in [0.2, 0.25) is 0 Å². The Morgan fingerprint density at radius 3 is 3.00 bits per heavy atom. The van der Waals surface area contributed by atoms with Crippen LogP contribution in [0.3, 0.4) is 0 Å². The molecule has 17 heavy (non-hydrogen) atoms. The Kier molecular flexibility index (Phi) is 5.22. The monoisotopic (exact) mass is 241 g/mol. The zero-order chi connectivity index (χ0) is 12.7. The maximum atomic E-state index is 12.9. The maximum absolute atomic E-state index is 12.9. The third-order valence-corrected chi connectivity index (χ3v) is 2.08. The molecule has 0 aliphatic heterocycles. The number of carbonyl (C=O) groups is 1. The van der Waals surface area contributed by atoms with E-state index in [1.54, 1.807) is 7.11 Å². The third-order valence-electron chi connectivity index (χ3n) is 2.08. The first-order chi connectivity index (χ1) is 8.13. The van der Waals surface area contributed by atoms with Gasteiger partial charge in [0, 0.05) is 13.7 Å². The molecule has 5 nitrogen and oxygen atoms in total. The van der Waals surface area contributed by atoms with Gasteiger partial charge in [-0.05, 0) is 18.2 Å². The van der Waals surface area contributed by atoms with Gasteiger partial charge in [-0.15, -0.1) is 0 Å². The van der Waals surface area contributed by atoms with Crippen molar-refractivity contribution in [1.29, 1.82) is 0 Å². The molecule has 1 amide bonds. The van der Waals surface area contributed by atoms with E-state index >= 15 is 0 Å². The lowest BCUT2D eigenvalue weighted by molar-refractivity contribution is -0.119. The van der Waals surface area contributed by atoms with E-state index in [9.17, 15) is 9.18 Å². The molecular weight excluding hydrogens is 225 g/mol. The Labute approximate surface area is 99.1 Å². The lowest BCUT2D eigenvalue weighted by Gasteiger charge is -2.09. The number of ether oxygens (including phenoxy) is 1. The minimum absolute atomic E-state index is 0.0391. The Morgan fingerprint density at radius 1 is 1.53 bits per heavy atom. The molecule has 0 saturated carbocycles. The number of hydrogen-bond acceptors (Lipinski definition) is 4. The van der Waals surface area contributed by atoms with E-state index in [4.69, 9.17) is 10.5 Å². The second kappa shape index (κ2) is 6.70. The molecular formula is C11H16FN3O2. The highest BCUT2D eigenvalue weighted by atomic mass is 19.1. The molecule has 94 valence electrons. The second-order valence-electron chi connectivity index (χ2n) is 3.43. The summed E-state index contributed by atoms with van der Waals surface area (Å²) in [6, 6.07) is 3.96. The largest absolute Gasteiger partial charge is 0.397 e. The maximum Gasteiger partial charge on any atom is 0.239 e. The highest BCUT2D eigenvalue weighted by Crippen LogP contribution is 2.18. The van der Waals surface area contributed by atoms with E-state index in [-0.39, 0.29) is 12.5 Å². The molecule has 0 spiro atoms. The van der Waals surface area contributed by atoms with E-state index in [0.717, 1.165) is 0 Å². The molecule has 0 heterocycles. The molecule has 0 radical (unpaired) electrons. The van der Waals surface area contributed by atoms with Crippen LogP contribution in [0, 0.1) is 5.82 Å². The topological polar surface area (TPSA) is 76.4 Å². The summed E-state index contributed by atoms with van der Waals surface area (Å²) in [6.07, 6.45) is 0. The molecule has 0 saturated heterocycles. The summed E-state index contributed by atoms with van der Waals surface area (Å²) in [4.78, 5) is 11.3. The molecule has 0 aliphatic carbocycles. The summed E-state index contributed by atoms with van der Waals surface area (Å²) in [5.41, 5.74) is 6.42. The minimum atomic E-state index is -0.401. The van der Waals surface area contributed by atoms with Crippen LogP contribution >= 0.6 is 0 Å². The summed E-state index contributed by atoms with van der Waals surface area (Å²) in [7, 11) is 1.55. The molecule has 1 aromatic rings. The number of carbonyl (C=O) groups excluding carboxylic acids is 1. The number of rotatable bonds is 6. The van der Waals surface area contributed by atoms with Crippen molar-refractivity contribution in [3.05, 3.63) is 24.0 Å². The summed E-state index contributed by atoms with van der Waals surface area (Å²) in [6.45, 7) is 0.931. The summed E-state index contributed by atoms with van der Waals surface area (Å²) in [5.74, 6) is -0.604. The SMILES string of the molecule is COCCNC(=O)CNc1cc(F)ccc1N. The van der Waals surface area contributed by atoms with Crippen molar-refractivity contribution in [3.63, 3.8) is 0 Å². The van der Waals surface area contributed by atoms with Gasteiger partial charge in [-0.3, -0.25) is 4.79 Å². The van der Waals surface area contributed by atoms with Crippen molar-refractivity contribution in [2.75, 3.05) is 37.9 Å². The highest BCUT2D eigenvalue weighted by Gasteiger charge is 2.03. The fourth-order valence-electron chi connectivity index (χ4n) is 1.21. The van der Waals surface area contributed by atoms with Crippen LogP contribution in [0.25, 0.3) is 0 Å². The first kappa shape index (κ1) is 13.2. The van der Waals surface area contributed by atoms with Crippen molar-refractivity contribution < 1.29 is 13.9 Å². The molecule has 0 unspecified atom stereocenters. The number of nitrogen functional groups attached to an aromatic ring is 1. The van der Waals surface area contributed by atoms with Crippen LogP contribution in [0.1, 0.15) is 0 Å². The first-order valence-corrected chi connectivity index (χ1v) is 5.18. The number of hydrogen-bond donors (Lipinski definition) is 3. The molecule has 0 fully saturated rings. The van der Waals surface area contributed by atoms with Gasteiger partial charge in [0.05, 0.1) is 24.5 Å². The van der Waals surface area contributed by atoms with Crippen molar-refractivity contribution in [3.8, 4) is 0 Å². The zero-order valence-corrected chi connectivity index (χ0v) is 9.63. The molecule has 0 aromatic heterocycles. The van der Waals surface area contributed by atoms with Crippen molar-refractivity contribution in [2.45, 2.75) is 0 Å². The number of halogens is 1. The molecule has 1 aromatic carbocycles. The summed E-state index contributed by atoms with van der Waals surface area (Å²) < 4.78 is 17.7. The summed E-state index contributed by atoms with van der Waals surface area (Å²) in [5, 5.41) is 5.39. The second-order valence-corrected chi connectivity index (χ2v) is 3.43. The van der Waals surface area contributed by atoms with Gasteiger partial charge in [-0.1, -0.05) is 0 Å². The van der Waals surface area contributed by atoms with E-state index < -0.39 is 5.82 Å². The van der Waals surface area contributed by atoms with Gasteiger partial charge >= 0.3 is 0 Å². The van der Waals surface area contributed by atoms with Gasteiger partial charge in [0.15, 0.2) is 0 Å². The van der Waals surface area contributed by atoms with Crippen LogP contribution in [-0.4, -0.2) is 32.7 Å². The Balaban J connectivity index is 2.39. The number of anilines is 2. The van der Waals surface area contributed by atoms with Gasteiger partial charge in [0.25, 0.3) is 0 Å². The van der Waals surface area contributed by atoms with Crippen molar-refractivity contribution in [1.82, 2.24) is 5.32 Å². The highest BCUT2D eigenvalue weighted by molar-refractivity contribution is 5.82. The third kappa shape index (κ3) is 4.69. The molecule has 4 N–H and O–H groups in total. The Morgan fingerprint density at radius 2 is 2.29 bits per heavy atom. The summed E-state index contributed by atoms with van der Waals surface area (Å²) >= 11 is 0. The fourth-order valence-corrected chi connectivity index (χ4v) is 1.21. The predicted octanol–water partition coefficient (Wildman–Crippen LogP) is 0.582. The van der Waals surface area contributed by atoms with Crippen LogP contribution < -0.4 is 16.4 Å². The van der Waals surface area contributed by atoms with Gasteiger partial charge in [0.1, 0.15) is 5.82 Å². The zero-order valence-electron chi connectivity index (χ0n) is 9.63. The lowest BCUT2D eigenvalue weighted by Crippen LogP contribution is -2.32. The first-order valence-electron chi connectivity index (χ1n) is 5.18. The average Bonchev–Trinajstić information content (AvgIpc) is 2.31. The van der Waals surface area contributed by atoms with Crippen LogP contribution in [0.5, 0.6) is 0 Å². The smallest absolute Gasteiger partial charge is 0.239 e. The minimum Gasteiger partial charge on any atom is -0.397 e. The van der Waals surface area contributed by atoms with Gasteiger partial charge in [0.2, 0.25) is 5.91 Å². The Hall–Kier alpha value is -1.82. The standard InChI is InChI=1S/C11H16FN3O2/c1-17-5-4-14-11(16)7-15-10-6-8(12)2-3-9(10)13/h2-3,6,15H,4-5,7,13H2,1H3,(H,14,16). The number of methoxy groups -OCH3 is 1. The molecule has 1 rings (SSSR count). The number of nitrogens with one attached hydrogen (secondary N) is 2. The fraction of sp³-hybridized carbons (Fsp3) is 0.364. The van der Waals surface area contributed by atoms with E-state index in [1.807, 2.05) is 0 Å². The number of amides is 1. The Bertz CT molecular complexity index is 385. The molecule has 0 atom stereocenters. The van der Waals surface area contributed by atoms with E-state index in [2.05, 4.69) is 10.6 Å². The lowest BCUT2D eigenvalue weighted by atomic mass is 10.2. The van der Waals surface area contributed by atoms with E-state index in [0.29, 0.717) is 24.5 Å². The van der Waals surface area contributed by atoms with E-state index in [1.165, 1.54) is 18.2 Å². The molecule has 6 heteroatoms. The van der Waals surface area contributed by atoms with Crippen molar-refractivity contribution in [2.24, 2.45) is 0 Å².